The van der Waals surface area contributed by atoms with E-state index in [2.05, 4.69) is 0 Å². The van der Waals surface area contributed by atoms with Gasteiger partial charge in [0.05, 0.1) is 5.92 Å². The van der Waals surface area contributed by atoms with Crippen LogP contribution in [0.1, 0.15) is 52.4 Å². The highest BCUT2D eigenvalue weighted by Crippen LogP contribution is 2.64. The lowest BCUT2D eigenvalue weighted by Crippen LogP contribution is -2.42. The van der Waals surface area contributed by atoms with E-state index in [1.54, 1.807) is 0 Å². The summed E-state index contributed by atoms with van der Waals surface area (Å²) in [6, 6.07) is 0. The lowest BCUT2D eigenvalue weighted by atomic mass is 9.69. The number of carbonyl (C=O) groups is 3. The fourth-order valence-electron chi connectivity index (χ4n) is 6.99. The Kier molecular flexibility index (Phi) is 3.55. The topological polar surface area (TPSA) is 60.4 Å². The molecule has 5 rings (SSSR count). The molecule has 0 spiro atoms. The number of fused-ring (bicyclic) bond motifs is 9. The normalized spacial score (nSPS) is 44.0. The minimum atomic E-state index is -0.466. The van der Waals surface area contributed by atoms with Crippen molar-refractivity contribution < 1.29 is 19.1 Å². The first-order valence-corrected chi connectivity index (χ1v) is 10.4. The Morgan fingerprint density at radius 2 is 1.65 bits per heavy atom. The average Bonchev–Trinajstić information content (AvgIpc) is 3.32. The molecule has 0 amide bonds. The number of hydrogen-bond acceptors (Lipinski definition) is 4. The number of allylic oxidation sites excluding steroid dienone is 2. The number of esters is 1. The summed E-state index contributed by atoms with van der Waals surface area (Å²) < 4.78 is 6.02. The van der Waals surface area contributed by atoms with Gasteiger partial charge in [-0.1, -0.05) is 31.4 Å². The summed E-state index contributed by atoms with van der Waals surface area (Å²) in [6.07, 6.45) is 10.5. The summed E-state index contributed by atoms with van der Waals surface area (Å²) in [4.78, 5) is 38.3. The molecule has 0 heterocycles. The fourth-order valence-corrected chi connectivity index (χ4v) is 6.99. The van der Waals surface area contributed by atoms with Gasteiger partial charge in [0, 0.05) is 23.7 Å². The third kappa shape index (κ3) is 2.10. The minimum absolute atomic E-state index is 0.0547. The molecular weight excluding hydrogens is 328 g/mol. The molecule has 0 aliphatic heterocycles. The predicted octanol–water partition coefficient (Wildman–Crippen LogP) is 3.34. The van der Waals surface area contributed by atoms with Crippen molar-refractivity contribution in [2.45, 2.75) is 58.0 Å². The van der Waals surface area contributed by atoms with Gasteiger partial charge in [0.2, 0.25) is 0 Å². The highest BCUT2D eigenvalue weighted by molar-refractivity contribution is 6.01. The molecular formula is C22H28O4. The van der Waals surface area contributed by atoms with E-state index in [9.17, 15) is 14.4 Å². The lowest BCUT2D eigenvalue weighted by molar-refractivity contribution is -0.171. The van der Waals surface area contributed by atoms with Crippen molar-refractivity contribution in [3.05, 3.63) is 12.2 Å². The molecule has 4 nitrogen and oxygen atoms in total. The highest BCUT2D eigenvalue weighted by atomic mass is 16.6. The molecule has 0 radical (unpaired) electrons. The minimum Gasteiger partial charge on any atom is -0.459 e. The molecule has 0 aromatic heterocycles. The highest BCUT2D eigenvalue weighted by Gasteiger charge is 2.69. The summed E-state index contributed by atoms with van der Waals surface area (Å²) in [5, 5.41) is 0. The van der Waals surface area contributed by atoms with Gasteiger partial charge in [-0.05, 0) is 50.9 Å². The maximum Gasteiger partial charge on any atom is 0.310 e. The summed E-state index contributed by atoms with van der Waals surface area (Å²) in [5.41, 5.74) is -0.466. The fraction of sp³-hybridized carbons (Fsp3) is 0.773. The second kappa shape index (κ2) is 5.53. The third-order valence-electron chi connectivity index (χ3n) is 8.23. The molecule has 5 aliphatic carbocycles. The average molecular weight is 356 g/mol. The number of Topliss-reactive ketones (excluding diaryl/α,β-unsaturated/α-hetero) is 2. The maximum absolute atomic E-state index is 13.0. The maximum atomic E-state index is 13.0. The second-order valence-corrected chi connectivity index (χ2v) is 9.73. The van der Waals surface area contributed by atoms with E-state index in [4.69, 9.17) is 4.74 Å². The zero-order chi connectivity index (χ0) is 18.2. The number of carbonyl (C=O) groups excluding carboxylic acids is 3. The molecule has 4 saturated carbocycles. The largest absolute Gasteiger partial charge is 0.459 e. The van der Waals surface area contributed by atoms with Gasteiger partial charge in [0.25, 0.3) is 0 Å². The van der Waals surface area contributed by atoms with E-state index in [1.165, 1.54) is 19.3 Å². The number of ether oxygens (including phenoxy) is 1. The zero-order valence-corrected chi connectivity index (χ0v) is 15.6. The monoisotopic (exact) mass is 356 g/mol. The third-order valence-corrected chi connectivity index (χ3v) is 8.23. The number of rotatable bonds is 3. The molecule has 0 saturated heterocycles. The van der Waals surface area contributed by atoms with Crippen LogP contribution < -0.4 is 0 Å². The SMILES string of the molecule is CC(C)(OC(=O)C1CC2C(=O)C1C1C3C=CC(C3=O)C21)C1CCCCC1. The van der Waals surface area contributed by atoms with Gasteiger partial charge < -0.3 is 4.74 Å². The first kappa shape index (κ1) is 16.7. The van der Waals surface area contributed by atoms with E-state index >= 15 is 0 Å². The number of ketones is 2. The molecule has 0 N–H and O–H groups in total. The van der Waals surface area contributed by atoms with E-state index in [1.807, 2.05) is 26.0 Å². The van der Waals surface area contributed by atoms with Crippen molar-refractivity contribution >= 4 is 17.5 Å². The van der Waals surface area contributed by atoms with Crippen LogP contribution in [0.15, 0.2) is 12.2 Å². The summed E-state index contributed by atoms with van der Waals surface area (Å²) in [6.45, 7) is 4.06. The molecule has 4 bridgehead atoms. The molecule has 7 unspecified atom stereocenters. The molecule has 7 atom stereocenters. The van der Waals surface area contributed by atoms with Crippen molar-refractivity contribution in [2.75, 3.05) is 0 Å². The van der Waals surface area contributed by atoms with E-state index in [-0.39, 0.29) is 59.0 Å². The van der Waals surface area contributed by atoms with Crippen molar-refractivity contribution in [2.24, 2.45) is 47.3 Å². The van der Waals surface area contributed by atoms with E-state index in [0.29, 0.717) is 12.3 Å². The van der Waals surface area contributed by atoms with Crippen LogP contribution in [-0.4, -0.2) is 23.1 Å². The Balaban J connectivity index is 1.34. The van der Waals surface area contributed by atoms with Crippen molar-refractivity contribution in [1.29, 1.82) is 0 Å². The van der Waals surface area contributed by atoms with Crippen LogP contribution in [0, 0.1) is 47.3 Å². The number of hydrogen-bond donors (Lipinski definition) is 0. The van der Waals surface area contributed by atoms with Crippen LogP contribution >= 0.6 is 0 Å². The summed E-state index contributed by atoms with van der Waals surface area (Å²) in [5.74, 6) is -0.00374. The molecule has 140 valence electrons. The van der Waals surface area contributed by atoms with Crippen LogP contribution in [0.2, 0.25) is 0 Å². The Bertz CT molecular complexity index is 699. The van der Waals surface area contributed by atoms with Crippen molar-refractivity contribution in [3.63, 3.8) is 0 Å². The zero-order valence-electron chi connectivity index (χ0n) is 15.6. The van der Waals surface area contributed by atoms with Crippen molar-refractivity contribution in [3.8, 4) is 0 Å². The predicted molar refractivity (Wildman–Crippen MR) is 94.9 cm³/mol. The molecule has 4 heteroatoms. The molecule has 26 heavy (non-hydrogen) atoms. The van der Waals surface area contributed by atoms with Crippen LogP contribution in [0.25, 0.3) is 0 Å². The van der Waals surface area contributed by atoms with Gasteiger partial charge in [-0.25, -0.2) is 0 Å². The Morgan fingerprint density at radius 1 is 1.00 bits per heavy atom. The van der Waals surface area contributed by atoms with E-state index in [0.717, 1.165) is 12.8 Å². The van der Waals surface area contributed by atoms with Gasteiger partial charge in [0.1, 0.15) is 17.2 Å². The quantitative estimate of drug-likeness (QED) is 0.442. The Labute approximate surface area is 154 Å². The standard InChI is InChI=1S/C22H28O4/c1-22(2,11-6-4-3-5-7-11)26-21(25)15-10-14-16-12-8-9-13(19(12)23)17(16)18(15)20(14)24/h8-9,11-18H,3-7,10H2,1-2H3. The second-order valence-electron chi connectivity index (χ2n) is 9.73. The summed E-state index contributed by atoms with van der Waals surface area (Å²) >= 11 is 0. The van der Waals surface area contributed by atoms with Gasteiger partial charge in [-0.3, -0.25) is 14.4 Å². The first-order chi connectivity index (χ1) is 12.4. The first-order valence-electron chi connectivity index (χ1n) is 10.4. The van der Waals surface area contributed by atoms with Gasteiger partial charge in [-0.2, -0.15) is 0 Å². The molecule has 0 aromatic rings. The summed E-state index contributed by atoms with van der Waals surface area (Å²) in [7, 11) is 0. The Morgan fingerprint density at radius 3 is 2.35 bits per heavy atom. The van der Waals surface area contributed by atoms with Gasteiger partial charge in [0.15, 0.2) is 0 Å². The Hall–Kier alpha value is -1.45. The van der Waals surface area contributed by atoms with E-state index < -0.39 is 5.60 Å². The van der Waals surface area contributed by atoms with Crippen molar-refractivity contribution in [1.82, 2.24) is 0 Å². The van der Waals surface area contributed by atoms with Crippen LogP contribution in [0.5, 0.6) is 0 Å². The van der Waals surface area contributed by atoms with Gasteiger partial charge in [-0.15, -0.1) is 0 Å². The molecule has 4 fully saturated rings. The molecule has 5 aliphatic rings. The smallest absolute Gasteiger partial charge is 0.310 e. The van der Waals surface area contributed by atoms with Crippen LogP contribution in [0.3, 0.4) is 0 Å². The van der Waals surface area contributed by atoms with Crippen LogP contribution in [-0.2, 0) is 19.1 Å². The van der Waals surface area contributed by atoms with Gasteiger partial charge >= 0.3 is 5.97 Å². The van der Waals surface area contributed by atoms with Crippen LogP contribution in [0.4, 0.5) is 0 Å². The lowest BCUT2D eigenvalue weighted by Gasteiger charge is -2.39. The molecule has 0 aromatic carbocycles.